The van der Waals surface area contributed by atoms with Gasteiger partial charge < -0.3 is 4.98 Å². The lowest BCUT2D eigenvalue weighted by atomic mass is 10.1. The first-order valence-electron chi connectivity index (χ1n) is 5.22. The van der Waals surface area contributed by atoms with Crippen LogP contribution in [0.1, 0.15) is 10.4 Å². The van der Waals surface area contributed by atoms with Gasteiger partial charge in [-0.05, 0) is 18.2 Å². The topological polar surface area (TPSA) is 32.9 Å². The van der Waals surface area contributed by atoms with Crippen LogP contribution < -0.4 is 0 Å². The van der Waals surface area contributed by atoms with Crippen LogP contribution >= 0.6 is 34.5 Å². The Morgan fingerprint density at radius 1 is 1.17 bits per heavy atom. The fourth-order valence-corrected chi connectivity index (χ4v) is 3.25. The summed E-state index contributed by atoms with van der Waals surface area (Å²) in [5.74, 6) is 0. The van der Waals surface area contributed by atoms with Crippen molar-refractivity contribution in [1.82, 2.24) is 4.98 Å². The van der Waals surface area contributed by atoms with E-state index in [0.29, 0.717) is 14.9 Å². The first-order chi connectivity index (χ1) is 8.70. The minimum absolute atomic E-state index is 0.601. The van der Waals surface area contributed by atoms with Gasteiger partial charge in [0.15, 0.2) is 6.29 Å². The van der Waals surface area contributed by atoms with E-state index in [-0.39, 0.29) is 0 Å². The zero-order chi connectivity index (χ0) is 12.7. The molecule has 0 atom stereocenters. The number of hydrogen-bond acceptors (Lipinski definition) is 2. The van der Waals surface area contributed by atoms with Crippen LogP contribution in [0, 0.1) is 0 Å². The Bertz CT molecular complexity index is 745. The van der Waals surface area contributed by atoms with Crippen LogP contribution in [0.15, 0.2) is 30.3 Å². The summed E-state index contributed by atoms with van der Waals surface area (Å²) in [5, 5.41) is 1.43. The predicted octanol–water partition coefficient (Wildman–Crippen LogP) is 5.02. The van der Waals surface area contributed by atoms with E-state index in [2.05, 4.69) is 4.98 Å². The highest BCUT2D eigenvalue weighted by atomic mass is 35.5. The maximum Gasteiger partial charge on any atom is 0.152 e. The second-order valence-electron chi connectivity index (χ2n) is 3.80. The minimum Gasteiger partial charge on any atom is -0.352 e. The van der Waals surface area contributed by atoms with Crippen LogP contribution in [-0.4, -0.2) is 11.3 Å². The fraction of sp³-hybridized carbons (Fsp3) is 0. The van der Waals surface area contributed by atoms with Gasteiger partial charge in [0.05, 0.1) is 25.4 Å². The predicted molar refractivity (Wildman–Crippen MR) is 77.0 cm³/mol. The van der Waals surface area contributed by atoms with Crippen molar-refractivity contribution in [2.45, 2.75) is 0 Å². The van der Waals surface area contributed by atoms with Gasteiger partial charge in [0.2, 0.25) is 0 Å². The molecular formula is C13H7Cl2NOS. The number of fused-ring (bicyclic) bond motifs is 1. The Morgan fingerprint density at radius 2 is 2.00 bits per heavy atom. The van der Waals surface area contributed by atoms with E-state index in [1.54, 1.807) is 6.07 Å². The molecule has 5 heteroatoms. The van der Waals surface area contributed by atoms with Gasteiger partial charge in [-0.3, -0.25) is 4.79 Å². The number of aldehydes is 1. The van der Waals surface area contributed by atoms with Crippen LogP contribution in [0.2, 0.25) is 9.36 Å². The molecule has 0 aliphatic carbocycles. The Hall–Kier alpha value is -1.29. The number of halogens is 2. The van der Waals surface area contributed by atoms with Crippen LogP contribution in [-0.2, 0) is 0 Å². The Labute approximate surface area is 117 Å². The van der Waals surface area contributed by atoms with Crippen LogP contribution in [0.4, 0.5) is 0 Å². The normalized spacial score (nSPS) is 11.0. The van der Waals surface area contributed by atoms with E-state index in [1.807, 2.05) is 24.3 Å². The zero-order valence-corrected chi connectivity index (χ0v) is 11.4. The average Bonchev–Trinajstić information content (AvgIpc) is 2.93. The molecule has 2 heterocycles. The van der Waals surface area contributed by atoms with Gasteiger partial charge in [0, 0.05) is 10.9 Å². The third kappa shape index (κ3) is 1.75. The largest absolute Gasteiger partial charge is 0.352 e. The van der Waals surface area contributed by atoms with E-state index in [4.69, 9.17) is 23.2 Å². The van der Waals surface area contributed by atoms with Crippen molar-refractivity contribution < 1.29 is 4.79 Å². The van der Waals surface area contributed by atoms with Crippen LogP contribution in [0.5, 0.6) is 0 Å². The van der Waals surface area contributed by atoms with Gasteiger partial charge in [-0.25, -0.2) is 0 Å². The van der Waals surface area contributed by atoms with Crippen molar-refractivity contribution >= 4 is 51.7 Å². The van der Waals surface area contributed by atoms with Crippen molar-refractivity contribution in [1.29, 1.82) is 0 Å². The molecule has 0 unspecified atom stereocenters. The lowest BCUT2D eigenvalue weighted by molar-refractivity contribution is 0.112. The summed E-state index contributed by atoms with van der Waals surface area (Å²) in [6.07, 6.45) is 0.845. The van der Waals surface area contributed by atoms with Gasteiger partial charge in [-0.2, -0.15) is 0 Å². The summed E-state index contributed by atoms with van der Waals surface area (Å²) in [6.45, 7) is 0. The molecule has 0 amide bonds. The van der Waals surface area contributed by atoms with E-state index < -0.39 is 0 Å². The number of carbonyl (C=O) groups excluding carboxylic acids is 1. The number of carbonyl (C=O) groups is 1. The highest BCUT2D eigenvalue weighted by Gasteiger charge is 2.15. The lowest BCUT2D eigenvalue weighted by Crippen LogP contribution is -1.80. The Balaban J connectivity index is 2.36. The molecule has 90 valence electrons. The lowest BCUT2D eigenvalue weighted by Gasteiger charge is -1.93. The monoisotopic (exact) mass is 295 g/mol. The molecule has 0 aliphatic heterocycles. The van der Waals surface area contributed by atoms with Gasteiger partial charge in [0.25, 0.3) is 0 Å². The highest BCUT2D eigenvalue weighted by Crippen LogP contribution is 2.36. The fourth-order valence-electron chi connectivity index (χ4n) is 1.97. The van der Waals surface area contributed by atoms with E-state index in [9.17, 15) is 4.79 Å². The molecule has 1 aromatic carbocycles. The summed E-state index contributed by atoms with van der Waals surface area (Å²) < 4.78 is 0.687. The molecule has 0 spiro atoms. The van der Waals surface area contributed by atoms with E-state index in [0.717, 1.165) is 27.8 Å². The minimum atomic E-state index is 0.601. The second kappa shape index (κ2) is 4.43. The van der Waals surface area contributed by atoms with Crippen LogP contribution in [0.3, 0.4) is 0 Å². The molecule has 0 fully saturated rings. The molecule has 1 N–H and O–H groups in total. The first-order valence-corrected chi connectivity index (χ1v) is 6.79. The average molecular weight is 296 g/mol. The number of nitrogens with one attached hydrogen (secondary N) is 1. The van der Waals surface area contributed by atoms with Crippen molar-refractivity contribution in [2.24, 2.45) is 0 Å². The molecule has 2 aromatic heterocycles. The van der Waals surface area contributed by atoms with Crippen LogP contribution in [0.25, 0.3) is 21.5 Å². The molecule has 0 saturated heterocycles. The summed E-state index contributed by atoms with van der Waals surface area (Å²) in [4.78, 5) is 15.4. The second-order valence-corrected chi connectivity index (χ2v) is 5.92. The van der Waals surface area contributed by atoms with E-state index in [1.165, 1.54) is 11.3 Å². The van der Waals surface area contributed by atoms with Gasteiger partial charge in [0.1, 0.15) is 0 Å². The molecule has 2 nitrogen and oxygen atoms in total. The molecule has 18 heavy (non-hydrogen) atoms. The maximum absolute atomic E-state index is 11.3. The van der Waals surface area contributed by atoms with Crippen molar-refractivity contribution in [3.05, 3.63) is 45.3 Å². The molecule has 0 radical (unpaired) electrons. The number of benzene rings is 1. The number of H-pyrrole nitrogens is 1. The van der Waals surface area contributed by atoms with Gasteiger partial charge >= 0.3 is 0 Å². The maximum atomic E-state index is 11.3. The first kappa shape index (κ1) is 11.8. The Morgan fingerprint density at radius 3 is 2.67 bits per heavy atom. The number of thiophene rings is 1. The summed E-state index contributed by atoms with van der Waals surface area (Å²) in [6, 6.07) is 9.19. The van der Waals surface area contributed by atoms with E-state index >= 15 is 0 Å². The summed E-state index contributed by atoms with van der Waals surface area (Å²) in [7, 11) is 0. The van der Waals surface area contributed by atoms with Gasteiger partial charge in [-0.1, -0.05) is 35.3 Å². The van der Waals surface area contributed by atoms with Crippen molar-refractivity contribution in [2.75, 3.05) is 0 Å². The van der Waals surface area contributed by atoms with Gasteiger partial charge in [-0.15, -0.1) is 11.3 Å². The number of para-hydroxylation sites is 1. The standard InChI is InChI=1S/C13H7Cl2NOS/c14-9-3-1-2-7-8(6-17)13(16-12(7)9)10-4-5-11(15)18-10/h1-6,16H. The van der Waals surface area contributed by atoms with Crippen molar-refractivity contribution in [3.8, 4) is 10.6 Å². The molecule has 0 saturated carbocycles. The third-order valence-corrected chi connectivity index (χ3v) is 4.32. The molecular weight excluding hydrogens is 289 g/mol. The SMILES string of the molecule is O=Cc1c(-c2ccc(Cl)s2)[nH]c2c(Cl)cccc12. The smallest absolute Gasteiger partial charge is 0.152 e. The molecule has 0 bridgehead atoms. The molecule has 3 aromatic rings. The molecule has 3 rings (SSSR count). The third-order valence-electron chi connectivity index (χ3n) is 2.76. The zero-order valence-electron chi connectivity index (χ0n) is 9.04. The number of aromatic amines is 1. The summed E-state index contributed by atoms with van der Waals surface area (Å²) >= 11 is 13.5. The summed E-state index contributed by atoms with van der Waals surface area (Å²) in [5.41, 5.74) is 2.16. The highest BCUT2D eigenvalue weighted by molar-refractivity contribution is 7.19. The number of aromatic nitrogens is 1. The Kier molecular flexibility index (Phi) is 2.90. The number of rotatable bonds is 2. The van der Waals surface area contributed by atoms with Crippen molar-refractivity contribution in [3.63, 3.8) is 0 Å². The number of hydrogen-bond donors (Lipinski definition) is 1. The quantitative estimate of drug-likeness (QED) is 0.662. The molecule has 0 aliphatic rings.